The van der Waals surface area contributed by atoms with Gasteiger partial charge in [0.25, 0.3) is 0 Å². The van der Waals surface area contributed by atoms with Crippen LogP contribution in [0.25, 0.3) is 0 Å². The Kier molecular flexibility index (Phi) is 6.32. The number of ether oxygens (including phenoxy) is 1. The lowest BCUT2D eigenvalue weighted by molar-refractivity contribution is 0.191. The fraction of sp³-hybridized carbons (Fsp3) is 0.667. The number of nitrogens with one attached hydrogen (secondary N) is 1. The molecule has 102 valence electrons. The van der Waals surface area contributed by atoms with Crippen LogP contribution in [0.3, 0.4) is 0 Å². The highest BCUT2D eigenvalue weighted by Gasteiger charge is 2.19. The quantitative estimate of drug-likeness (QED) is 0.889. The molecule has 1 aliphatic rings. The number of hydrogen-bond donors (Lipinski definition) is 1. The van der Waals surface area contributed by atoms with Crippen molar-refractivity contribution in [2.24, 2.45) is 0 Å². The molecule has 0 aliphatic carbocycles. The number of rotatable bonds is 4. The van der Waals surface area contributed by atoms with Gasteiger partial charge in [0, 0.05) is 31.5 Å². The third-order valence-corrected chi connectivity index (χ3v) is 3.22. The number of hydrogen-bond acceptors (Lipinski definition) is 5. The van der Waals surface area contributed by atoms with Crippen LogP contribution in [0.2, 0.25) is 0 Å². The van der Waals surface area contributed by atoms with E-state index in [2.05, 4.69) is 27.2 Å². The zero-order chi connectivity index (χ0) is 12.1. The molecular weight excluding hydrogens is 252 g/mol. The molecule has 2 rings (SSSR count). The first-order valence-corrected chi connectivity index (χ1v) is 6.06. The second kappa shape index (κ2) is 7.51. The van der Waals surface area contributed by atoms with Crippen molar-refractivity contribution in [2.45, 2.75) is 25.4 Å². The molecule has 0 unspecified atom stereocenters. The summed E-state index contributed by atoms with van der Waals surface area (Å²) in [5, 5.41) is 3.42. The van der Waals surface area contributed by atoms with Gasteiger partial charge in [-0.05, 0) is 26.4 Å². The van der Waals surface area contributed by atoms with E-state index in [4.69, 9.17) is 4.74 Å². The van der Waals surface area contributed by atoms with Crippen LogP contribution in [-0.2, 0) is 6.54 Å². The predicted molar refractivity (Wildman–Crippen MR) is 73.2 cm³/mol. The molecule has 18 heavy (non-hydrogen) atoms. The van der Waals surface area contributed by atoms with Crippen molar-refractivity contribution in [3.63, 3.8) is 0 Å². The normalized spacial score (nSPS) is 19.4. The molecule has 5 nitrogen and oxygen atoms in total. The molecule has 1 atom stereocenters. The van der Waals surface area contributed by atoms with E-state index in [1.165, 1.54) is 12.8 Å². The first-order valence-electron chi connectivity index (χ1n) is 6.06. The number of methoxy groups -OCH3 is 1. The minimum absolute atomic E-state index is 0. The summed E-state index contributed by atoms with van der Waals surface area (Å²) in [5.41, 5.74) is 0.906. The van der Waals surface area contributed by atoms with Gasteiger partial charge in [0.15, 0.2) is 0 Å². The first-order chi connectivity index (χ1) is 8.31. The van der Waals surface area contributed by atoms with Crippen molar-refractivity contribution >= 4 is 12.4 Å². The largest absolute Gasteiger partial charge is 0.480 e. The third kappa shape index (κ3) is 3.80. The molecule has 0 amide bonds. The fourth-order valence-corrected chi connectivity index (χ4v) is 2.21. The van der Waals surface area contributed by atoms with Gasteiger partial charge in [-0.15, -0.1) is 12.4 Å². The highest BCUT2D eigenvalue weighted by Crippen LogP contribution is 2.16. The van der Waals surface area contributed by atoms with E-state index in [-0.39, 0.29) is 12.4 Å². The van der Waals surface area contributed by atoms with Crippen LogP contribution < -0.4 is 10.1 Å². The van der Waals surface area contributed by atoms with Crippen molar-refractivity contribution in [3.05, 3.63) is 18.1 Å². The molecule has 0 saturated carbocycles. The summed E-state index contributed by atoms with van der Waals surface area (Å²) in [6.45, 7) is 2.97. The van der Waals surface area contributed by atoms with Gasteiger partial charge >= 0.3 is 0 Å². The zero-order valence-corrected chi connectivity index (χ0v) is 11.7. The zero-order valence-electron chi connectivity index (χ0n) is 10.9. The molecule has 1 aromatic heterocycles. The molecule has 1 aliphatic heterocycles. The van der Waals surface area contributed by atoms with Crippen LogP contribution >= 0.6 is 12.4 Å². The van der Waals surface area contributed by atoms with Crippen LogP contribution in [0.1, 0.15) is 18.5 Å². The van der Waals surface area contributed by atoms with E-state index in [1.54, 1.807) is 19.5 Å². The van der Waals surface area contributed by atoms with Gasteiger partial charge in [-0.25, -0.2) is 4.98 Å². The van der Waals surface area contributed by atoms with Crippen molar-refractivity contribution in [2.75, 3.05) is 27.2 Å². The molecule has 1 fully saturated rings. The molecule has 1 N–H and O–H groups in total. The Morgan fingerprint density at radius 1 is 1.44 bits per heavy atom. The minimum atomic E-state index is 0. The molecule has 0 bridgehead atoms. The molecule has 0 radical (unpaired) electrons. The summed E-state index contributed by atoms with van der Waals surface area (Å²) in [7, 11) is 3.77. The molecule has 1 saturated heterocycles. The number of aromatic nitrogens is 2. The molecule has 0 aromatic carbocycles. The third-order valence-electron chi connectivity index (χ3n) is 3.22. The number of likely N-dealkylation sites (N-methyl/N-ethyl adjacent to an activating group) is 1. The van der Waals surface area contributed by atoms with E-state index in [0.717, 1.165) is 25.3 Å². The van der Waals surface area contributed by atoms with E-state index in [9.17, 15) is 0 Å². The van der Waals surface area contributed by atoms with Gasteiger partial charge in [0.2, 0.25) is 5.88 Å². The highest BCUT2D eigenvalue weighted by atomic mass is 35.5. The maximum atomic E-state index is 5.22. The average Bonchev–Trinajstić information content (AvgIpc) is 2.40. The molecule has 6 heteroatoms. The second-order valence-electron chi connectivity index (χ2n) is 4.43. The smallest absolute Gasteiger partial charge is 0.236 e. The van der Waals surface area contributed by atoms with Crippen molar-refractivity contribution in [3.8, 4) is 5.88 Å². The van der Waals surface area contributed by atoms with Crippen LogP contribution in [0.4, 0.5) is 0 Å². The summed E-state index contributed by atoms with van der Waals surface area (Å²) >= 11 is 0. The lowest BCUT2D eigenvalue weighted by atomic mass is 10.1. The second-order valence-corrected chi connectivity index (χ2v) is 4.43. The van der Waals surface area contributed by atoms with Crippen LogP contribution in [-0.4, -0.2) is 48.2 Å². The van der Waals surface area contributed by atoms with Gasteiger partial charge in [-0.3, -0.25) is 9.88 Å². The Morgan fingerprint density at radius 2 is 2.22 bits per heavy atom. The van der Waals surface area contributed by atoms with Gasteiger partial charge in [-0.2, -0.15) is 0 Å². The Hall–Kier alpha value is -0.910. The fourth-order valence-electron chi connectivity index (χ4n) is 2.21. The van der Waals surface area contributed by atoms with Crippen LogP contribution in [0, 0.1) is 0 Å². The molecule has 2 heterocycles. The van der Waals surface area contributed by atoms with Crippen molar-refractivity contribution in [1.82, 2.24) is 20.2 Å². The molecular formula is C12H21ClN4O. The van der Waals surface area contributed by atoms with Crippen LogP contribution in [0.5, 0.6) is 5.88 Å². The lowest BCUT2D eigenvalue weighted by Crippen LogP contribution is -2.43. The first kappa shape index (κ1) is 15.1. The summed E-state index contributed by atoms with van der Waals surface area (Å²) in [4.78, 5) is 10.8. The topological polar surface area (TPSA) is 50.3 Å². The SMILES string of the molecule is COc1nccnc1CN(C)[C@H]1CCCNC1.Cl. The van der Waals surface area contributed by atoms with E-state index in [0.29, 0.717) is 11.9 Å². The molecule has 0 spiro atoms. The minimum Gasteiger partial charge on any atom is -0.480 e. The highest BCUT2D eigenvalue weighted by molar-refractivity contribution is 5.85. The van der Waals surface area contributed by atoms with Gasteiger partial charge in [0.05, 0.1) is 7.11 Å². The molecule has 1 aromatic rings. The summed E-state index contributed by atoms with van der Waals surface area (Å²) in [5.74, 6) is 0.628. The standard InChI is InChI=1S/C12H20N4O.ClH/c1-16(10-4-3-5-13-8-10)9-11-12(17-2)15-7-6-14-11;/h6-7,10,13H,3-5,8-9H2,1-2H3;1H/t10-;/m0./s1. The Bertz CT molecular complexity index is 358. The van der Waals surface area contributed by atoms with E-state index >= 15 is 0 Å². The van der Waals surface area contributed by atoms with Crippen molar-refractivity contribution < 1.29 is 4.74 Å². The van der Waals surface area contributed by atoms with E-state index < -0.39 is 0 Å². The Labute approximate surface area is 114 Å². The van der Waals surface area contributed by atoms with Gasteiger partial charge in [-0.1, -0.05) is 0 Å². The summed E-state index contributed by atoms with van der Waals surface area (Å²) < 4.78 is 5.22. The lowest BCUT2D eigenvalue weighted by Gasteiger charge is -2.31. The van der Waals surface area contributed by atoms with Gasteiger partial charge in [0.1, 0.15) is 5.69 Å². The number of nitrogens with zero attached hydrogens (tertiary/aromatic N) is 3. The Morgan fingerprint density at radius 3 is 2.89 bits per heavy atom. The van der Waals surface area contributed by atoms with Crippen LogP contribution in [0.15, 0.2) is 12.4 Å². The van der Waals surface area contributed by atoms with Gasteiger partial charge < -0.3 is 10.1 Å². The predicted octanol–water partition coefficient (Wildman–Crippen LogP) is 1.09. The number of piperidine rings is 1. The summed E-state index contributed by atoms with van der Waals surface area (Å²) in [6, 6.07) is 0.579. The maximum Gasteiger partial charge on any atom is 0.236 e. The van der Waals surface area contributed by atoms with E-state index in [1.807, 2.05) is 0 Å². The Balaban J connectivity index is 0.00000162. The van der Waals surface area contributed by atoms with Crippen molar-refractivity contribution in [1.29, 1.82) is 0 Å². The maximum absolute atomic E-state index is 5.22. The summed E-state index contributed by atoms with van der Waals surface area (Å²) in [6.07, 6.45) is 5.86. The number of halogens is 1. The average molecular weight is 273 g/mol. The monoisotopic (exact) mass is 272 g/mol.